The molecule has 78 valence electrons. The van der Waals surface area contributed by atoms with E-state index in [0.717, 1.165) is 17.7 Å². The van der Waals surface area contributed by atoms with Crippen molar-refractivity contribution in [1.29, 1.82) is 0 Å². The van der Waals surface area contributed by atoms with Crippen LogP contribution in [-0.2, 0) is 11.2 Å². The molecule has 0 N–H and O–H groups in total. The maximum Gasteiger partial charge on any atom is 0.229 e. The molecule has 4 heteroatoms. The lowest BCUT2D eigenvalue weighted by Crippen LogP contribution is -2.15. The van der Waals surface area contributed by atoms with Crippen molar-refractivity contribution in [2.24, 2.45) is 0 Å². The largest absolute Gasteiger partial charge is 0.493 e. The molecule has 0 amide bonds. The summed E-state index contributed by atoms with van der Waals surface area (Å²) in [7, 11) is 0. The average molecular weight is 269 g/mol. The Hall–Kier alpha value is -1.16. The molecule has 15 heavy (non-hydrogen) atoms. The predicted octanol–water partition coefficient (Wildman–Crippen LogP) is 1.77. The Morgan fingerprint density at radius 1 is 1.40 bits per heavy atom. The summed E-state index contributed by atoms with van der Waals surface area (Å²) in [6, 6.07) is 5.12. The quantitative estimate of drug-likeness (QED) is 0.477. The molecule has 1 aromatic carbocycles. The highest BCUT2D eigenvalue weighted by Gasteiger charge is 2.18. The molecule has 1 aliphatic heterocycles. The van der Waals surface area contributed by atoms with Gasteiger partial charge >= 0.3 is 0 Å². The SMILES string of the molecule is O=C(CBr)C(=O)c1ccc2c(c1)CCO2. The van der Waals surface area contributed by atoms with Crippen LogP contribution in [0.4, 0.5) is 0 Å². The van der Waals surface area contributed by atoms with E-state index in [1.54, 1.807) is 18.2 Å². The highest BCUT2D eigenvalue weighted by Crippen LogP contribution is 2.26. The minimum absolute atomic E-state index is 0.0689. The second-order valence-electron chi connectivity index (χ2n) is 3.31. The molecule has 0 bridgehead atoms. The van der Waals surface area contributed by atoms with Crippen molar-refractivity contribution in [3.8, 4) is 5.75 Å². The van der Waals surface area contributed by atoms with Gasteiger partial charge in [0.15, 0.2) is 0 Å². The lowest BCUT2D eigenvalue weighted by molar-refractivity contribution is -0.112. The summed E-state index contributed by atoms with van der Waals surface area (Å²) < 4.78 is 5.31. The minimum Gasteiger partial charge on any atom is -0.493 e. The summed E-state index contributed by atoms with van der Waals surface area (Å²) in [6.07, 6.45) is 0.805. The smallest absolute Gasteiger partial charge is 0.229 e. The van der Waals surface area contributed by atoms with Crippen molar-refractivity contribution in [3.63, 3.8) is 0 Å². The zero-order valence-electron chi connectivity index (χ0n) is 7.96. The van der Waals surface area contributed by atoms with Crippen LogP contribution in [0.1, 0.15) is 15.9 Å². The van der Waals surface area contributed by atoms with Gasteiger partial charge in [0, 0.05) is 12.0 Å². The van der Waals surface area contributed by atoms with E-state index in [0.29, 0.717) is 12.2 Å². The number of ether oxygens (including phenoxy) is 1. The van der Waals surface area contributed by atoms with E-state index in [4.69, 9.17) is 4.74 Å². The van der Waals surface area contributed by atoms with E-state index >= 15 is 0 Å². The van der Waals surface area contributed by atoms with E-state index in [1.165, 1.54) is 0 Å². The van der Waals surface area contributed by atoms with Gasteiger partial charge in [-0.25, -0.2) is 0 Å². The first kappa shape index (κ1) is 10.4. The summed E-state index contributed by atoms with van der Waals surface area (Å²) >= 11 is 2.98. The topological polar surface area (TPSA) is 43.4 Å². The normalized spacial score (nSPS) is 13.1. The van der Waals surface area contributed by atoms with Crippen molar-refractivity contribution >= 4 is 27.5 Å². The van der Waals surface area contributed by atoms with Crippen LogP contribution in [0.3, 0.4) is 0 Å². The third-order valence-corrected chi connectivity index (χ3v) is 2.84. The monoisotopic (exact) mass is 268 g/mol. The second kappa shape index (κ2) is 4.14. The van der Waals surface area contributed by atoms with Gasteiger partial charge in [0.25, 0.3) is 0 Å². The van der Waals surface area contributed by atoms with Crippen LogP contribution >= 0.6 is 15.9 Å². The Morgan fingerprint density at radius 2 is 2.20 bits per heavy atom. The van der Waals surface area contributed by atoms with Gasteiger partial charge in [0.1, 0.15) is 5.75 Å². The van der Waals surface area contributed by atoms with Gasteiger partial charge in [-0.05, 0) is 23.8 Å². The van der Waals surface area contributed by atoms with Crippen molar-refractivity contribution in [1.82, 2.24) is 0 Å². The van der Waals surface area contributed by atoms with Crippen LogP contribution in [-0.4, -0.2) is 23.5 Å². The Balaban J connectivity index is 2.30. The van der Waals surface area contributed by atoms with Gasteiger partial charge in [-0.2, -0.15) is 0 Å². The van der Waals surface area contributed by atoms with Gasteiger partial charge in [-0.1, -0.05) is 15.9 Å². The van der Waals surface area contributed by atoms with Gasteiger partial charge in [0.2, 0.25) is 11.6 Å². The molecular weight excluding hydrogens is 260 g/mol. The van der Waals surface area contributed by atoms with Crippen LogP contribution in [0, 0.1) is 0 Å². The van der Waals surface area contributed by atoms with Gasteiger partial charge in [0.05, 0.1) is 11.9 Å². The predicted molar refractivity (Wildman–Crippen MR) is 58.8 cm³/mol. The van der Waals surface area contributed by atoms with E-state index in [-0.39, 0.29) is 5.33 Å². The number of benzene rings is 1. The summed E-state index contributed by atoms with van der Waals surface area (Å²) in [5.74, 6) is -0.0479. The number of Topliss-reactive ketones (excluding diaryl/α,β-unsaturated/α-hetero) is 2. The Bertz CT molecular complexity index is 426. The lowest BCUT2D eigenvalue weighted by atomic mass is 10.0. The number of alkyl halides is 1. The van der Waals surface area contributed by atoms with Crippen LogP contribution in [0.15, 0.2) is 18.2 Å². The zero-order valence-corrected chi connectivity index (χ0v) is 9.54. The van der Waals surface area contributed by atoms with E-state index in [1.807, 2.05) is 0 Å². The van der Waals surface area contributed by atoms with Crippen LogP contribution in [0.5, 0.6) is 5.75 Å². The fraction of sp³-hybridized carbons (Fsp3) is 0.273. The minimum atomic E-state index is -0.443. The van der Waals surface area contributed by atoms with Crippen LogP contribution in [0.25, 0.3) is 0 Å². The van der Waals surface area contributed by atoms with E-state index in [9.17, 15) is 9.59 Å². The summed E-state index contributed by atoms with van der Waals surface area (Å²) in [6.45, 7) is 0.652. The number of halogens is 1. The molecule has 2 rings (SSSR count). The van der Waals surface area contributed by atoms with Gasteiger partial charge in [-0.3, -0.25) is 9.59 Å². The highest BCUT2D eigenvalue weighted by atomic mass is 79.9. The first-order chi connectivity index (χ1) is 7.22. The molecule has 3 nitrogen and oxygen atoms in total. The highest BCUT2D eigenvalue weighted by molar-refractivity contribution is 9.09. The molecule has 1 aromatic rings. The van der Waals surface area contributed by atoms with Gasteiger partial charge in [-0.15, -0.1) is 0 Å². The van der Waals surface area contributed by atoms with Crippen molar-refractivity contribution in [2.45, 2.75) is 6.42 Å². The molecule has 0 fully saturated rings. The van der Waals surface area contributed by atoms with Crippen molar-refractivity contribution < 1.29 is 14.3 Å². The third-order valence-electron chi connectivity index (χ3n) is 2.33. The third kappa shape index (κ3) is 1.95. The molecule has 0 saturated heterocycles. The molecular formula is C11H9BrO3. The molecule has 0 unspecified atom stereocenters. The van der Waals surface area contributed by atoms with Gasteiger partial charge < -0.3 is 4.74 Å². The molecule has 1 heterocycles. The lowest BCUT2D eigenvalue weighted by Gasteiger charge is -2.01. The standard InChI is InChI=1S/C11H9BrO3/c12-6-9(13)11(14)8-1-2-10-7(5-8)3-4-15-10/h1-2,5H,3-4,6H2. The first-order valence-corrected chi connectivity index (χ1v) is 5.73. The number of hydrogen-bond acceptors (Lipinski definition) is 3. The number of carbonyl (C=O) groups is 2. The molecule has 0 atom stereocenters. The molecule has 0 aromatic heterocycles. The number of hydrogen-bond donors (Lipinski definition) is 0. The fourth-order valence-corrected chi connectivity index (χ4v) is 1.80. The maximum absolute atomic E-state index is 11.6. The molecule has 0 aliphatic carbocycles. The Morgan fingerprint density at radius 3 is 2.93 bits per heavy atom. The first-order valence-electron chi connectivity index (χ1n) is 4.61. The second-order valence-corrected chi connectivity index (χ2v) is 3.87. The fourth-order valence-electron chi connectivity index (χ4n) is 1.55. The van der Waals surface area contributed by atoms with Crippen molar-refractivity contribution in [2.75, 3.05) is 11.9 Å². The Kier molecular flexibility index (Phi) is 2.86. The molecule has 1 aliphatic rings. The molecule has 0 radical (unpaired) electrons. The number of carbonyl (C=O) groups excluding carboxylic acids is 2. The van der Waals surface area contributed by atoms with Crippen LogP contribution in [0.2, 0.25) is 0 Å². The Labute approximate surface area is 95.6 Å². The summed E-state index contributed by atoms with van der Waals surface area (Å²) in [5, 5.41) is 0.0689. The number of fused-ring (bicyclic) bond motifs is 1. The summed E-state index contributed by atoms with van der Waals surface area (Å²) in [5.41, 5.74) is 1.45. The molecule has 0 spiro atoms. The molecule has 0 saturated carbocycles. The van der Waals surface area contributed by atoms with Crippen LogP contribution < -0.4 is 4.74 Å². The number of ketones is 2. The summed E-state index contributed by atoms with van der Waals surface area (Å²) in [4.78, 5) is 22.7. The maximum atomic E-state index is 11.6. The van der Waals surface area contributed by atoms with E-state index < -0.39 is 11.6 Å². The van der Waals surface area contributed by atoms with Crippen molar-refractivity contribution in [3.05, 3.63) is 29.3 Å². The zero-order chi connectivity index (χ0) is 10.8. The number of rotatable bonds is 3. The average Bonchev–Trinajstić information content (AvgIpc) is 2.73. The van der Waals surface area contributed by atoms with E-state index in [2.05, 4.69) is 15.9 Å².